The number of aromatic amines is 1. The smallest absolute Gasteiger partial charge is 0.322 e. The Morgan fingerprint density at radius 1 is 1.55 bits per heavy atom. The van der Waals surface area contributed by atoms with Crippen LogP contribution in [0.4, 0.5) is 0 Å². The fourth-order valence-electron chi connectivity index (χ4n) is 1.59. The van der Waals surface area contributed by atoms with Crippen molar-refractivity contribution in [3.05, 3.63) is 30.6 Å². The summed E-state index contributed by atoms with van der Waals surface area (Å²) in [6, 6.07) is -1.29. The average molecular weight is 299 g/mol. The predicted octanol–water partition coefficient (Wildman–Crippen LogP) is -0.883. The van der Waals surface area contributed by atoms with Crippen LogP contribution >= 0.6 is 0 Å². The molecule has 10 heteroatoms. The fourth-order valence-corrected chi connectivity index (χ4v) is 2.76. The molecule has 1 atom stereocenters. The lowest BCUT2D eigenvalue weighted by atomic mass is 10.2. The number of aromatic nitrogens is 4. The molecule has 2 rings (SSSR count). The molecule has 3 N–H and O–H groups in total. The van der Waals surface area contributed by atoms with Crippen LogP contribution in [0.5, 0.6) is 0 Å². The SMILES string of the molecule is Cn1cc(S(=O)(=O)N[C@H](Cc2cnc[nH]2)C(=O)O)cn1. The van der Waals surface area contributed by atoms with Crippen LogP contribution in [0.25, 0.3) is 0 Å². The van der Waals surface area contributed by atoms with Gasteiger partial charge in [-0.3, -0.25) is 9.48 Å². The molecule has 2 aromatic heterocycles. The quantitative estimate of drug-likeness (QED) is 0.635. The monoisotopic (exact) mass is 299 g/mol. The summed E-state index contributed by atoms with van der Waals surface area (Å²) in [7, 11) is -2.37. The number of hydrogen-bond acceptors (Lipinski definition) is 5. The molecule has 2 aromatic rings. The fraction of sp³-hybridized carbons (Fsp3) is 0.300. The minimum absolute atomic E-state index is 0.0329. The van der Waals surface area contributed by atoms with Gasteiger partial charge in [0.15, 0.2) is 0 Å². The van der Waals surface area contributed by atoms with Gasteiger partial charge in [0.05, 0.1) is 12.5 Å². The van der Waals surface area contributed by atoms with E-state index in [0.29, 0.717) is 5.69 Å². The molecule has 0 aliphatic rings. The summed E-state index contributed by atoms with van der Waals surface area (Å²) in [5, 5.41) is 12.9. The van der Waals surface area contributed by atoms with Gasteiger partial charge in [0.25, 0.3) is 0 Å². The highest BCUT2D eigenvalue weighted by molar-refractivity contribution is 7.89. The number of nitrogens with zero attached hydrogens (tertiary/aromatic N) is 3. The Kier molecular flexibility index (Phi) is 3.86. The molecule has 108 valence electrons. The zero-order valence-corrected chi connectivity index (χ0v) is 11.3. The Morgan fingerprint density at radius 2 is 2.30 bits per heavy atom. The number of H-pyrrole nitrogens is 1. The summed E-state index contributed by atoms with van der Waals surface area (Å²) in [5.41, 5.74) is 0.520. The molecule has 9 nitrogen and oxygen atoms in total. The van der Waals surface area contributed by atoms with Gasteiger partial charge in [-0.05, 0) is 0 Å². The number of carboxylic acid groups (broad SMARTS) is 1. The molecular weight excluding hydrogens is 286 g/mol. The first kappa shape index (κ1) is 14.2. The molecule has 2 heterocycles. The topological polar surface area (TPSA) is 130 Å². The summed E-state index contributed by atoms with van der Waals surface area (Å²) in [4.78, 5) is 17.6. The zero-order valence-electron chi connectivity index (χ0n) is 10.5. The Balaban J connectivity index is 2.17. The molecule has 0 spiro atoms. The molecule has 20 heavy (non-hydrogen) atoms. The molecule has 0 aromatic carbocycles. The van der Waals surface area contributed by atoms with Gasteiger partial charge in [0, 0.05) is 31.6 Å². The molecule has 0 bridgehead atoms. The number of sulfonamides is 1. The second-order valence-electron chi connectivity index (χ2n) is 4.14. The molecule has 0 unspecified atom stereocenters. The molecular formula is C10H13N5O4S. The van der Waals surface area contributed by atoms with Crippen LogP contribution in [0.15, 0.2) is 29.8 Å². The largest absolute Gasteiger partial charge is 0.480 e. The maximum Gasteiger partial charge on any atom is 0.322 e. The second kappa shape index (κ2) is 5.43. The summed E-state index contributed by atoms with van der Waals surface area (Å²) >= 11 is 0. The summed E-state index contributed by atoms with van der Waals surface area (Å²) < 4.78 is 27.5. The van der Waals surface area contributed by atoms with Crippen LogP contribution in [0, 0.1) is 0 Å². The average Bonchev–Trinajstić information content (AvgIpc) is 2.99. The van der Waals surface area contributed by atoms with Crippen LogP contribution in [0.2, 0.25) is 0 Å². The number of nitrogens with one attached hydrogen (secondary N) is 2. The first-order valence-electron chi connectivity index (χ1n) is 5.59. The van der Waals surface area contributed by atoms with E-state index in [1.54, 1.807) is 7.05 Å². The first-order chi connectivity index (χ1) is 9.38. The van der Waals surface area contributed by atoms with Crippen LogP contribution in [-0.2, 0) is 28.3 Å². The van der Waals surface area contributed by atoms with Crippen LogP contribution < -0.4 is 4.72 Å². The number of rotatable bonds is 6. The van der Waals surface area contributed by atoms with Crippen molar-refractivity contribution in [3.63, 3.8) is 0 Å². The Bertz CT molecular complexity index is 691. The molecule has 0 saturated carbocycles. The molecule has 0 radical (unpaired) electrons. The standard InChI is InChI=1S/C10H13N5O4S/c1-15-5-8(4-13-15)20(18,19)14-9(10(16)17)2-7-3-11-6-12-7/h3-6,9,14H,2H2,1H3,(H,11,12)(H,16,17)/t9-/m1/s1. The van der Waals surface area contributed by atoms with E-state index >= 15 is 0 Å². The number of hydrogen-bond donors (Lipinski definition) is 3. The number of aryl methyl sites for hydroxylation is 1. The van der Waals surface area contributed by atoms with E-state index in [-0.39, 0.29) is 11.3 Å². The minimum atomic E-state index is -3.94. The van der Waals surface area contributed by atoms with Crippen molar-refractivity contribution >= 4 is 16.0 Å². The molecule has 0 amide bonds. The Hall–Kier alpha value is -2.20. The number of carboxylic acids is 1. The summed E-state index contributed by atoms with van der Waals surface area (Å²) in [6.45, 7) is 0. The number of imidazole rings is 1. The van der Waals surface area contributed by atoms with Crippen molar-refractivity contribution in [2.75, 3.05) is 0 Å². The lowest BCUT2D eigenvalue weighted by molar-refractivity contribution is -0.138. The minimum Gasteiger partial charge on any atom is -0.480 e. The van der Waals surface area contributed by atoms with Gasteiger partial charge in [-0.25, -0.2) is 13.4 Å². The van der Waals surface area contributed by atoms with E-state index in [1.807, 2.05) is 0 Å². The third kappa shape index (κ3) is 3.22. The van der Waals surface area contributed by atoms with Crippen molar-refractivity contribution in [1.29, 1.82) is 0 Å². The van der Waals surface area contributed by atoms with E-state index in [9.17, 15) is 13.2 Å². The van der Waals surface area contributed by atoms with Gasteiger partial charge in [-0.1, -0.05) is 0 Å². The number of carbonyl (C=O) groups is 1. The van der Waals surface area contributed by atoms with Crippen LogP contribution in [-0.4, -0.2) is 45.3 Å². The van der Waals surface area contributed by atoms with Crippen LogP contribution in [0.1, 0.15) is 5.69 Å². The normalized spacial score (nSPS) is 13.2. The van der Waals surface area contributed by atoms with Gasteiger partial charge in [-0.15, -0.1) is 0 Å². The molecule has 0 fully saturated rings. The van der Waals surface area contributed by atoms with Gasteiger partial charge in [-0.2, -0.15) is 9.82 Å². The Morgan fingerprint density at radius 3 is 2.80 bits per heavy atom. The van der Waals surface area contributed by atoms with Crippen molar-refractivity contribution in [2.24, 2.45) is 7.05 Å². The van der Waals surface area contributed by atoms with E-state index in [2.05, 4.69) is 19.8 Å². The maximum atomic E-state index is 12.0. The zero-order chi connectivity index (χ0) is 14.8. The lowest BCUT2D eigenvalue weighted by Gasteiger charge is -2.12. The van der Waals surface area contributed by atoms with Crippen LogP contribution in [0.3, 0.4) is 0 Å². The third-order valence-corrected chi connectivity index (χ3v) is 3.99. The summed E-state index contributed by atoms with van der Waals surface area (Å²) in [5.74, 6) is -1.27. The second-order valence-corrected chi connectivity index (χ2v) is 5.86. The van der Waals surface area contributed by atoms with Gasteiger partial charge < -0.3 is 10.1 Å². The van der Waals surface area contributed by atoms with E-state index in [1.165, 1.54) is 23.4 Å². The predicted molar refractivity (Wildman–Crippen MR) is 67.2 cm³/mol. The highest BCUT2D eigenvalue weighted by Gasteiger charge is 2.26. The molecule has 0 aliphatic carbocycles. The maximum absolute atomic E-state index is 12.0. The van der Waals surface area contributed by atoms with E-state index in [0.717, 1.165) is 6.20 Å². The van der Waals surface area contributed by atoms with Crippen molar-refractivity contribution in [1.82, 2.24) is 24.5 Å². The first-order valence-corrected chi connectivity index (χ1v) is 7.08. The highest BCUT2D eigenvalue weighted by Crippen LogP contribution is 2.09. The highest BCUT2D eigenvalue weighted by atomic mass is 32.2. The summed E-state index contributed by atoms with van der Waals surface area (Å²) in [6.07, 6.45) is 5.24. The number of aliphatic carboxylic acids is 1. The van der Waals surface area contributed by atoms with Crippen molar-refractivity contribution in [3.8, 4) is 0 Å². The molecule has 0 aliphatic heterocycles. The van der Waals surface area contributed by atoms with Gasteiger partial charge >= 0.3 is 5.97 Å². The van der Waals surface area contributed by atoms with Gasteiger partial charge in [0.2, 0.25) is 10.0 Å². The Labute approximate surface area is 114 Å². The van der Waals surface area contributed by atoms with E-state index in [4.69, 9.17) is 5.11 Å². The van der Waals surface area contributed by atoms with Crippen molar-refractivity contribution in [2.45, 2.75) is 17.4 Å². The lowest BCUT2D eigenvalue weighted by Crippen LogP contribution is -2.42. The van der Waals surface area contributed by atoms with Crippen molar-refractivity contribution < 1.29 is 18.3 Å². The van der Waals surface area contributed by atoms with Gasteiger partial charge in [0.1, 0.15) is 10.9 Å². The third-order valence-electron chi connectivity index (χ3n) is 2.57. The molecule has 0 saturated heterocycles. The van der Waals surface area contributed by atoms with E-state index < -0.39 is 22.0 Å².